The van der Waals surface area contributed by atoms with Gasteiger partial charge in [0.15, 0.2) is 0 Å². The molecule has 0 rings (SSSR count). The highest BCUT2D eigenvalue weighted by Gasteiger charge is 2.13. The number of rotatable bonds is 7. The van der Waals surface area contributed by atoms with Gasteiger partial charge in [-0.25, -0.2) is 0 Å². The van der Waals surface area contributed by atoms with Crippen LogP contribution in [0, 0.1) is 5.92 Å². The molecule has 0 saturated carbocycles. The van der Waals surface area contributed by atoms with Crippen LogP contribution in [0.2, 0.25) is 0 Å². The first kappa shape index (κ1) is 13.6. The predicted octanol–water partition coefficient (Wildman–Crippen LogP) is 0.500. The average molecular weight is 239 g/mol. The number of hydrogen-bond acceptors (Lipinski definition) is 5. The highest BCUT2D eigenvalue weighted by molar-refractivity contribution is 8.76. The topological polar surface area (TPSA) is 101 Å². The van der Waals surface area contributed by atoms with Crippen molar-refractivity contribution in [2.24, 2.45) is 11.7 Å². The Bertz CT molecular complexity index is 190. The van der Waals surface area contributed by atoms with E-state index in [4.69, 9.17) is 15.9 Å². The minimum absolute atomic E-state index is 0.284. The summed E-state index contributed by atoms with van der Waals surface area (Å²) >= 11 is 0. The maximum absolute atomic E-state index is 10.4. The highest BCUT2D eigenvalue weighted by atomic mass is 33.1. The molecular formula is C7H13NO4S2. The van der Waals surface area contributed by atoms with Crippen LogP contribution in [-0.2, 0) is 9.59 Å². The smallest absolute Gasteiger partial charge is 0.321 e. The van der Waals surface area contributed by atoms with Crippen LogP contribution < -0.4 is 5.73 Å². The molecule has 0 radical (unpaired) electrons. The lowest BCUT2D eigenvalue weighted by molar-refractivity contribution is -0.140. The van der Waals surface area contributed by atoms with E-state index >= 15 is 0 Å². The van der Waals surface area contributed by atoms with Gasteiger partial charge in [0.2, 0.25) is 0 Å². The van der Waals surface area contributed by atoms with Gasteiger partial charge in [-0.15, -0.1) is 0 Å². The standard InChI is InChI=1S/C7H13NO4S2/c1-4(6(9)10)2-13-14-3-5(8)7(11)12/h4-5H,2-3,8H2,1H3,(H,9,10)(H,11,12). The zero-order valence-corrected chi connectivity index (χ0v) is 9.31. The Morgan fingerprint density at radius 2 is 1.71 bits per heavy atom. The van der Waals surface area contributed by atoms with Gasteiger partial charge in [0, 0.05) is 11.5 Å². The molecular weight excluding hydrogens is 226 g/mol. The molecule has 0 bridgehead atoms. The number of carbonyl (C=O) groups is 2. The lowest BCUT2D eigenvalue weighted by atomic mass is 10.2. The molecule has 0 fully saturated rings. The van der Waals surface area contributed by atoms with E-state index in [1.807, 2.05) is 0 Å². The molecule has 0 aliphatic carbocycles. The number of aliphatic carboxylic acids is 2. The third-order valence-corrected chi connectivity index (χ3v) is 4.00. The van der Waals surface area contributed by atoms with Gasteiger partial charge in [0.1, 0.15) is 6.04 Å². The van der Waals surface area contributed by atoms with Crippen LogP contribution in [0.15, 0.2) is 0 Å². The summed E-state index contributed by atoms with van der Waals surface area (Å²) in [5, 5.41) is 17.0. The maximum atomic E-state index is 10.4. The monoisotopic (exact) mass is 239 g/mol. The molecule has 0 heterocycles. The van der Waals surface area contributed by atoms with E-state index < -0.39 is 23.9 Å². The normalized spacial score (nSPS) is 14.7. The van der Waals surface area contributed by atoms with Gasteiger partial charge in [-0.2, -0.15) is 0 Å². The predicted molar refractivity (Wildman–Crippen MR) is 57.3 cm³/mol. The van der Waals surface area contributed by atoms with Crippen molar-refractivity contribution >= 4 is 33.5 Å². The summed E-state index contributed by atoms with van der Waals surface area (Å²) in [6, 6.07) is -0.882. The minimum Gasteiger partial charge on any atom is -0.481 e. The Labute approximate surface area is 89.8 Å². The van der Waals surface area contributed by atoms with E-state index in [1.54, 1.807) is 6.92 Å². The Balaban J connectivity index is 3.47. The second kappa shape index (κ2) is 6.97. The van der Waals surface area contributed by atoms with Crippen molar-refractivity contribution in [2.75, 3.05) is 11.5 Å². The van der Waals surface area contributed by atoms with Crippen molar-refractivity contribution < 1.29 is 19.8 Å². The molecule has 2 atom stereocenters. The van der Waals surface area contributed by atoms with Crippen molar-refractivity contribution in [1.82, 2.24) is 0 Å². The first-order valence-corrected chi connectivity index (χ1v) is 6.39. The van der Waals surface area contributed by atoms with Crippen LogP contribution >= 0.6 is 21.6 Å². The molecule has 4 N–H and O–H groups in total. The van der Waals surface area contributed by atoms with Crippen LogP contribution in [0.1, 0.15) is 6.92 Å². The zero-order valence-electron chi connectivity index (χ0n) is 7.67. The zero-order chi connectivity index (χ0) is 11.1. The molecule has 14 heavy (non-hydrogen) atoms. The summed E-state index contributed by atoms with van der Waals surface area (Å²) in [6.45, 7) is 1.60. The van der Waals surface area contributed by atoms with E-state index in [1.165, 1.54) is 21.6 Å². The second-order valence-corrected chi connectivity index (χ2v) is 5.31. The number of nitrogens with two attached hydrogens (primary N) is 1. The van der Waals surface area contributed by atoms with E-state index in [-0.39, 0.29) is 5.75 Å². The average Bonchev–Trinajstić information content (AvgIpc) is 2.11. The first-order chi connectivity index (χ1) is 6.45. The maximum Gasteiger partial charge on any atom is 0.321 e. The Kier molecular flexibility index (Phi) is 6.77. The molecule has 0 aromatic rings. The van der Waals surface area contributed by atoms with Crippen LogP contribution in [0.25, 0.3) is 0 Å². The largest absolute Gasteiger partial charge is 0.481 e. The van der Waals surface area contributed by atoms with Gasteiger partial charge >= 0.3 is 11.9 Å². The van der Waals surface area contributed by atoms with Crippen molar-refractivity contribution in [3.63, 3.8) is 0 Å². The molecule has 7 heteroatoms. The van der Waals surface area contributed by atoms with Gasteiger partial charge in [0.05, 0.1) is 5.92 Å². The van der Waals surface area contributed by atoms with Crippen LogP contribution in [0.4, 0.5) is 0 Å². The van der Waals surface area contributed by atoms with Crippen molar-refractivity contribution in [3.05, 3.63) is 0 Å². The molecule has 0 aliphatic heterocycles. The summed E-state index contributed by atoms with van der Waals surface area (Å²) in [5.41, 5.74) is 5.24. The summed E-state index contributed by atoms with van der Waals surface area (Å²) in [4.78, 5) is 20.7. The fraction of sp³-hybridized carbons (Fsp3) is 0.714. The van der Waals surface area contributed by atoms with Gasteiger partial charge in [-0.05, 0) is 0 Å². The Hall–Kier alpha value is -0.400. The number of carboxylic acids is 2. The van der Waals surface area contributed by atoms with Gasteiger partial charge in [-0.1, -0.05) is 28.5 Å². The van der Waals surface area contributed by atoms with Gasteiger partial charge in [0.25, 0.3) is 0 Å². The van der Waals surface area contributed by atoms with Crippen LogP contribution in [0.3, 0.4) is 0 Å². The Morgan fingerprint density at radius 3 is 2.14 bits per heavy atom. The molecule has 5 nitrogen and oxygen atoms in total. The quantitative estimate of drug-likeness (QED) is 0.439. The fourth-order valence-corrected chi connectivity index (χ4v) is 2.87. The number of carboxylic acid groups (broad SMARTS) is 2. The molecule has 0 saturated heterocycles. The molecule has 0 aromatic carbocycles. The molecule has 0 spiro atoms. The van der Waals surface area contributed by atoms with Gasteiger partial charge < -0.3 is 15.9 Å². The second-order valence-electron chi connectivity index (χ2n) is 2.75. The summed E-state index contributed by atoms with van der Waals surface area (Å²) in [7, 11) is 2.61. The third kappa shape index (κ3) is 6.11. The minimum atomic E-state index is -1.04. The Morgan fingerprint density at radius 1 is 1.21 bits per heavy atom. The molecule has 0 aromatic heterocycles. The lowest BCUT2D eigenvalue weighted by Gasteiger charge is -2.06. The SMILES string of the molecule is CC(CSSCC(N)C(=O)O)C(=O)O. The van der Waals surface area contributed by atoms with Crippen molar-refractivity contribution in [2.45, 2.75) is 13.0 Å². The number of hydrogen-bond donors (Lipinski definition) is 3. The van der Waals surface area contributed by atoms with E-state index in [9.17, 15) is 9.59 Å². The highest BCUT2D eigenvalue weighted by Crippen LogP contribution is 2.24. The lowest BCUT2D eigenvalue weighted by Crippen LogP contribution is -2.32. The fourth-order valence-electron chi connectivity index (χ4n) is 0.414. The molecule has 0 amide bonds. The molecule has 2 unspecified atom stereocenters. The van der Waals surface area contributed by atoms with Gasteiger partial charge in [-0.3, -0.25) is 9.59 Å². The van der Waals surface area contributed by atoms with Crippen molar-refractivity contribution in [3.8, 4) is 0 Å². The molecule has 0 aliphatic rings. The van der Waals surface area contributed by atoms with Crippen LogP contribution in [-0.4, -0.2) is 39.7 Å². The summed E-state index contributed by atoms with van der Waals surface area (Å²) < 4.78 is 0. The third-order valence-electron chi connectivity index (χ3n) is 1.39. The first-order valence-electron chi connectivity index (χ1n) is 3.90. The summed E-state index contributed by atoms with van der Waals surface area (Å²) in [5.74, 6) is -1.57. The van der Waals surface area contributed by atoms with E-state index in [2.05, 4.69) is 0 Å². The molecule has 82 valence electrons. The van der Waals surface area contributed by atoms with E-state index in [0.29, 0.717) is 5.75 Å². The van der Waals surface area contributed by atoms with Crippen LogP contribution in [0.5, 0.6) is 0 Å². The summed E-state index contributed by atoms with van der Waals surface area (Å²) in [6.07, 6.45) is 0. The van der Waals surface area contributed by atoms with Crippen molar-refractivity contribution in [1.29, 1.82) is 0 Å². The van der Waals surface area contributed by atoms with E-state index in [0.717, 1.165) is 0 Å².